The van der Waals surface area contributed by atoms with E-state index >= 15 is 0 Å². The molecule has 0 aromatic heterocycles. The molecule has 0 spiro atoms. The zero-order valence-electron chi connectivity index (χ0n) is 12.0. The van der Waals surface area contributed by atoms with E-state index in [-0.39, 0.29) is 11.3 Å². The third-order valence-electron chi connectivity index (χ3n) is 5.13. The quantitative estimate of drug-likeness (QED) is 0.715. The van der Waals surface area contributed by atoms with E-state index in [0.29, 0.717) is 12.0 Å². The molecule has 2 nitrogen and oxygen atoms in total. The van der Waals surface area contributed by atoms with Gasteiger partial charge < -0.3 is 5.32 Å². The molecule has 2 aliphatic carbocycles. The Kier molecular flexibility index (Phi) is 4.14. The Morgan fingerprint density at radius 2 is 2.17 bits per heavy atom. The van der Waals surface area contributed by atoms with E-state index in [0.717, 1.165) is 12.3 Å². The predicted molar refractivity (Wildman–Crippen MR) is 75.2 cm³/mol. The van der Waals surface area contributed by atoms with Crippen molar-refractivity contribution in [3.05, 3.63) is 12.2 Å². The van der Waals surface area contributed by atoms with Crippen molar-refractivity contribution in [2.45, 2.75) is 65.3 Å². The summed E-state index contributed by atoms with van der Waals surface area (Å²) in [6, 6.07) is 0.388. The highest BCUT2D eigenvalue weighted by Crippen LogP contribution is 2.52. The summed E-state index contributed by atoms with van der Waals surface area (Å²) in [5, 5.41) is 3.18. The van der Waals surface area contributed by atoms with Gasteiger partial charge in [-0.2, -0.15) is 0 Å². The lowest BCUT2D eigenvalue weighted by Gasteiger charge is -2.34. The van der Waals surface area contributed by atoms with Crippen LogP contribution in [0.25, 0.3) is 0 Å². The van der Waals surface area contributed by atoms with E-state index in [4.69, 9.17) is 0 Å². The summed E-state index contributed by atoms with van der Waals surface area (Å²) in [6.45, 7) is 6.22. The molecule has 2 bridgehead atoms. The second kappa shape index (κ2) is 5.46. The largest absolute Gasteiger partial charge is 0.353 e. The van der Waals surface area contributed by atoms with Crippen molar-refractivity contribution < 1.29 is 4.79 Å². The van der Waals surface area contributed by atoms with Crippen LogP contribution in [0.15, 0.2) is 12.2 Å². The standard InChI is InChI=1S/C16H27NO/c1-4-13(5-2)6-8-16-9-7-14(11-16)10-15(16)17-12(3)18/h7,9,13-15H,4-6,8,10-11H2,1-3H3,(H,17,18). The molecule has 2 aliphatic rings. The van der Waals surface area contributed by atoms with Crippen molar-refractivity contribution in [1.29, 1.82) is 0 Å². The Hall–Kier alpha value is -0.790. The van der Waals surface area contributed by atoms with Crippen molar-refractivity contribution in [2.75, 3.05) is 0 Å². The molecule has 1 saturated carbocycles. The highest BCUT2D eigenvalue weighted by molar-refractivity contribution is 5.73. The zero-order chi connectivity index (χ0) is 13.2. The fourth-order valence-corrected chi connectivity index (χ4v) is 3.89. The summed E-state index contributed by atoms with van der Waals surface area (Å²) in [6.07, 6.45) is 12.3. The normalized spacial score (nSPS) is 33.3. The van der Waals surface area contributed by atoms with Gasteiger partial charge in [0.1, 0.15) is 0 Å². The summed E-state index contributed by atoms with van der Waals surface area (Å²) >= 11 is 0. The lowest BCUT2D eigenvalue weighted by Crippen LogP contribution is -2.43. The first kappa shape index (κ1) is 13.6. The number of rotatable bonds is 6. The highest BCUT2D eigenvalue weighted by atomic mass is 16.1. The third-order valence-corrected chi connectivity index (χ3v) is 5.13. The van der Waals surface area contributed by atoms with Gasteiger partial charge in [0, 0.05) is 18.4 Å². The number of hydrogen-bond acceptors (Lipinski definition) is 1. The molecule has 18 heavy (non-hydrogen) atoms. The summed E-state index contributed by atoms with van der Waals surface area (Å²) in [5.41, 5.74) is 0.277. The van der Waals surface area contributed by atoms with Crippen molar-refractivity contribution in [3.8, 4) is 0 Å². The highest BCUT2D eigenvalue weighted by Gasteiger charge is 2.48. The predicted octanol–water partition coefficient (Wildman–Crippen LogP) is 3.67. The van der Waals surface area contributed by atoms with Gasteiger partial charge in [-0.3, -0.25) is 4.79 Å². The van der Waals surface area contributed by atoms with Gasteiger partial charge >= 0.3 is 0 Å². The molecule has 0 heterocycles. The zero-order valence-corrected chi connectivity index (χ0v) is 12.0. The topological polar surface area (TPSA) is 29.1 Å². The molecule has 0 aliphatic heterocycles. The van der Waals surface area contributed by atoms with Crippen LogP contribution >= 0.6 is 0 Å². The Morgan fingerprint density at radius 3 is 2.72 bits per heavy atom. The monoisotopic (exact) mass is 249 g/mol. The maximum absolute atomic E-state index is 11.3. The molecule has 3 unspecified atom stereocenters. The number of carbonyl (C=O) groups excluding carboxylic acids is 1. The summed E-state index contributed by atoms with van der Waals surface area (Å²) in [7, 11) is 0. The van der Waals surface area contributed by atoms with Gasteiger partial charge in [0.2, 0.25) is 5.91 Å². The second-order valence-corrected chi connectivity index (χ2v) is 6.27. The summed E-state index contributed by atoms with van der Waals surface area (Å²) in [4.78, 5) is 11.3. The molecule has 1 N–H and O–H groups in total. The van der Waals surface area contributed by atoms with Gasteiger partial charge in [0.05, 0.1) is 0 Å². The smallest absolute Gasteiger partial charge is 0.217 e. The number of hydrogen-bond donors (Lipinski definition) is 1. The molecule has 102 valence electrons. The molecule has 0 saturated heterocycles. The average molecular weight is 249 g/mol. The molecule has 2 heteroatoms. The van der Waals surface area contributed by atoms with Crippen molar-refractivity contribution in [1.82, 2.24) is 5.32 Å². The van der Waals surface area contributed by atoms with Crippen LogP contribution in [-0.2, 0) is 4.79 Å². The van der Waals surface area contributed by atoms with Crippen molar-refractivity contribution in [2.24, 2.45) is 17.3 Å². The van der Waals surface area contributed by atoms with Gasteiger partial charge in [0.15, 0.2) is 0 Å². The van der Waals surface area contributed by atoms with Crippen LogP contribution in [0.2, 0.25) is 0 Å². The molecule has 0 aromatic carbocycles. The SMILES string of the molecule is CCC(CC)CCC12C=CC(CC1NC(C)=O)C2. The maximum atomic E-state index is 11.3. The summed E-state index contributed by atoms with van der Waals surface area (Å²) < 4.78 is 0. The molecule has 0 radical (unpaired) electrons. The minimum Gasteiger partial charge on any atom is -0.353 e. The molecular weight excluding hydrogens is 222 g/mol. The van der Waals surface area contributed by atoms with Gasteiger partial charge in [-0.15, -0.1) is 0 Å². The number of amides is 1. The van der Waals surface area contributed by atoms with E-state index in [9.17, 15) is 4.79 Å². The molecule has 1 fully saturated rings. The fourth-order valence-electron chi connectivity index (χ4n) is 3.89. The second-order valence-electron chi connectivity index (χ2n) is 6.27. The van der Waals surface area contributed by atoms with E-state index in [1.807, 2.05) is 0 Å². The summed E-state index contributed by atoms with van der Waals surface area (Å²) in [5.74, 6) is 1.69. The van der Waals surface area contributed by atoms with Crippen LogP contribution in [0, 0.1) is 17.3 Å². The van der Waals surface area contributed by atoms with Crippen LogP contribution in [0.4, 0.5) is 0 Å². The third kappa shape index (κ3) is 2.62. The molecule has 3 atom stereocenters. The van der Waals surface area contributed by atoms with Crippen molar-refractivity contribution >= 4 is 5.91 Å². The number of allylic oxidation sites excluding steroid dienone is 1. The van der Waals surface area contributed by atoms with Crippen LogP contribution in [0.3, 0.4) is 0 Å². The number of nitrogens with one attached hydrogen (secondary N) is 1. The first-order valence-corrected chi connectivity index (χ1v) is 7.56. The molecular formula is C16H27NO. The maximum Gasteiger partial charge on any atom is 0.217 e. The molecule has 2 rings (SSSR count). The van der Waals surface area contributed by atoms with Gasteiger partial charge in [-0.05, 0) is 37.5 Å². The number of fused-ring (bicyclic) bond motifs is 2. The lowest BCUT2D eigenvalue weighted by molar-refractivity contribution is -0.120. The van der Waals surface area contributed by atoms with E-state index in [2.05, 4.69) is 31.3 Å². The lowest BCUT2D eigenvalue weighted by atomic mass is 9.76. The van der Waals surface area contributed by atoms with Crippen molar-refractivity contribution in [3.63, 3.8) is 0 Å². The average Bonchev–Trinajstić information content (AvgIpc) is 2.87. The Morgan fingerprint density at radius 1 is 1.44 bits per heavy atom. The Bertz CT molecular complexity index is 332. The van der Waals surface area contributed by atoms with Gasteiger partial charge in [-0.25, -0.2) is 0 Å². The first-order chi connectivity index (χ1) is 8.59. The van der Waals surface area contributed by atoms with Gasteiger partial charge in [-0.1, -0.05) is 38.8 Å². The first-order valence-electron chi connectivity index (χ1n) is 7.56. The van der Waals surface area contributed by atoms with E-state index in [1.54, 1.807) is 6.92 Å². The minimum atomic E-state index is 0.128. The minimum absolute atomic E-state index is 0.128. The van der Waals surface area contributed by atoms with Crippen LogP contribution < -0.4 is 5.32 Å². The van der Waals surface area contributed by atoms with E-state index < -0.39 is 0 Å². The Labute approximate surface area is 111 Å². The molecule has 0 aromatic rings. The van der Waals surface area contributed by atoms with Crippen LogP contribution in [-0.4, -0.2) is 11.9 Å². The van der Waals surface area contributed by atoms with E-state index in [1.165, 1.54) is 32.1 Å². The Balaban J connectivity index is 1.98. The van der Waals surface area contributed by atoms with Gasteiger partial charge in [0.25, 0.3) is 0 Å². The fraction of sp³-hybridized carbons (Fsp3) is 0.812. The van der Waals surface area contributed by atoms with Crippen LogP contribution in [0.5, 0.6) is 0 Å². The molecule has 1 amide bonds. The van der Waals surface area contributed by atoms with Crippen LogP contribution in [0.1, 0.15) is 59.3 Å². The number of carbonyl (C=O) groups is 1.